The van der Waals surface area contributed by atoms with Gasteiger partial charge in [0.15, 0.2) is 0 Å². The topological polar surface area (TPSA) is 61.2 Å². The highest BCUT2D eigenvalue weighted by Gasteiger charge is 2.30. The third kappa shape index (κ3) is 2.34. The van der Waals surface area contributed by atoms with Gasteiger partial charge in [-0.15, -0.1) is 0 Å². The van der Waals surface area contributed by atoms with Gasteiger partial charge in [-0.3, -0.25) is 0 Å². The monoisotopic (exact) mass is 290 g/mol. The van der Waals surface area contributed by atoms with E-state index in [2.05, 4.69) is 6.07 Å². The van der Waals surface area contributed by atoms with Crippen LogP contribution in [0, 0.1) is 17.2 Å². The summed E-state index contributed by atoms with van der Waals surface area (Å²) >= 11 is 0. The number of nitrogens with zero attached hydrogens (tertiary/aromatic N) is 2. The van der Waals surface area contributed by atoms with Crippen molar-refractivity contribution >= 4 is 10.0 Å². The number of rotatable bonds is 2. The molecule has 20 heavy (non-hydrogen) atoms. The number of hydrogen-bond acceptors (Lipinski definition) is 3. The molecule has 5 heteroatoms. The Morgan fingerprint density at radius 3 is 2.55 bits per heavy atom. The third-order valence-electron chi connectivity index (χ3n) is 4.34. The van der Waals surface area contributed by atoms with Crippen molar-refractivity contribution < 1.29 is 8.42 Å². The minimum Gasteiger partial charge on any atom is -0.207 e. The number of hydrogen-bond donors (Lipinski definition) is 0. The average molecular weight is 290 g/mol. The Labute approximate surface area is 120 Å². The SMILES string of the molecule is N#CC1CCN(S(=O)(=O)c2ccc3c(c2)CCC3)CC1. The van der Waals surface area contributed by atoms with E-state index in [0.29, 0.717) is 30.8 Å². The lowest BCUT2D eigenvalue weighted by Crippen LogP contribution is -2.38. The van der Waals surface area contributed by atoms with Crippen molar-refractivity contribution in [2.45, 2.75) is 37.0 Å². The van der Waals surface area contributed by atoms with E-state index in [1.54, 1.807) is 6.07 Å². The minimum atomic E-state index is -3.39. The Balaban J connectivity index is 1.84. The third-order valence-corrected chi connectivity index (χ3v) is 6.24. The number of fused-ring (bicyclic) bond motifs is 1. The molecule has 0 amide bonds. The van der Waals surface area contributed by atoms with Crippen LogP contribution in [0.3, 0.4) is 0 Å². The summed E-state index contributed by atoms with van der Waals surface area (Å²) in [7, 11) is -3.39. The van der Waals surface area contributed by atoms with E-state index in [-0.39, 0.29) is 5.92 Å². The second kappa shape index (κ2) is 5.19. The van der Waals surface area contributed by atoms with Crippen molar-refractivity contribution in [3.8, 4) is 6.07 Å². The molecule has 1 aliphatic carbocycles. The van der Waals surface area contributed by atoms with Gasteiger partial charge in [0.1, 0.15) is 0 Å². The van der Waals surface area contributed by atoms with Gasteiger partial charge in [0.25, 0.3) is 0 Å². The first-order valence-electron chi connectivity index (χ1n) is 7.13. The van der Waals surface area contributed by atoms with E-state index >= 15 is 0 Å². The van der Waals surface area contributed by atoms with Crippen molar-refractivity contribution in [2.75, 3.05) is 13.1 Å². The summed E-state index contributed by atoms with van der Waals surface area (Å²) in [6.45, 7) is 0.912. The van der Waals surface area contributed by atoms with Gasteiger partial charge in [-0.1, -0.05) is 6.07 Å². The predicted molar refractivity (Wildman–Crippen MR) is 75.6 cm³/mol. The molecule has 1 heterocycles. The molecule has 0 N–H and O–H groups in total. The van der Waals surface area contributed by atoms with E-state index < -0.39 is 10.0 Å². The lowest BCUT2D eigenvalue weighted by Gasteiger charge is -2.28. The molecule has 1 fully saturated rings. The fourth-order valence-electron chi connectivity index (χ4n) is 3.08. The highest BCUT2D eigenvalue weighted by Crippen LogP contribution is 2.28. The molecule has 0 spiro atoms. The highest BCUT2D eigenvalue weighted by molar-refractivity contribution is 7.89. The normalized spacial score (nSPS) is 20.6. The quantitative estimate of drug-likeness (QED) is 0.838. The molecule has 3 rings (SSSR count). The first-order valence-corrected chi connectivity index (χ1v) is 8.57. The summed E-state index contributed by atoms with van der Waals surface area (Å²) in [5, 5.41) is 8.88. The van der Waals surface area contributed by atoms with Gasteiger partial charge in [-0.05, 0) is 55.4 Å². The van der Waals surface area contributed by atoms with Gasteiger partial charge in [0.05, 0.1) is 11.0 Å². The average Bonchev–Trinajstić information content (AvgIpc) is 2.94. The zero-order valence-electron chi connectivity index (χ0n) is 11.4. The zero-order chi connectivity index (χ0) is 14.2. The van der Waals surface area contributed by atoms with E-state index in [0.717, 1.165) is 19.3 Å². The largest absolute Gasteiger partial charge is 0.243 e. The van der Waals surface area contributed by atoms with Crippen molar-refractivity contribution in [2.24, 2.45) is 5.92 Å². The molecular formula is C15H18N2O2S. The Bertz CT molecular complexity index is 653. The molecule has 0 saturated carbocycles. The molecule has 106 valence electrons. The van der Waals surface area contributed by atoms with Gasteiger partial charge < -0.3 is 0 Å². The zero-order valence-corrected chi connectivity index (χ0v) is 12.2. The first kappa shape index (κ1) is 13.6. The molecule has 0 bridgehead atoms. The Morgan fingerprint density at radius 1 is 1.15 bits per heavy atom. The lowest BCUT2D eigenvalue weighted by molar-refractivity contribution is 0.310. The van der Waals surface area contributed by atoms with Crippen LogP contribution in [0.1, 0.15) is 30.4 Å². The second-order valence-corrected chi connectivity index (χ2v) is 7.53. The van der Waals surface area contributed by atoms with E-state index in [4.69, 9.17) is 5.26 Å². The van der Waals surface area contributed by atoms with E-state index in [1.165, 1.54) is 15.4 Å². The highest BCUT2D eigenvalue weighted by atomic mass is 32.2. The molecule has 1 aliphatic heterocycles. The van der Waals surface area contributed by atoms with Crippen molar-refractivity contribution in [1.29, 1.82) is 5.26 Å². The lowest BCUT2D eigenvalue weighted by atomic mass is 10.0. The van der Waals surface area contributed by atoms with Crippen LogP contribution >= 0.6 is 0 Å². The first-order chi connectivity index (χ1) is 9.61. The van der Waals surface area contributed by atoms with Crippen LogP contribution in [0.15, 0.2) is 23.1 Å². The smallest absolute Gasteiger partial charge is 0.207 e. The summed E-state index contributed by atoms with van der Waals surface area (Å²) in [5.41, 5.74) is 2.46. The fourth-order valence-corrected chi connectivity index (χ4v) is 4.60. The number of benzene rings is 1. The number of aryl methyl sites for hydroxylation is 2. The Hall–Kier alpha value is -1.38. The Kier molecular flexibility index (Phi) is 3.53. The van der Waals surface area contributed by atoms with Crippen molar-refractivity contribution in [1.82, 2.24) is 4.31 Å². The molecule has 0 aromatic heterocycles. The van der Waals surface area contributed by atoms with Crippen LogP contribution in [-0.2, 0) is 22.9 Å². The Morgan fingerprint density at radius 2 is 1.85 bits per heavy atom. The van der Waals surface area contributed by atoms with Gasteiger partial charge >= 0.3 is 0 Å². The molecule has 0 radical (unpaired) electrons. The van der Waals surface area contributed by atoms with E-state index in [1.807, 2.05) is 12.1 Å². The number of sulfonamides is 1. The van der Waals surface area contributed by atoms with Crippen LogP contribution in [-0.4, -0.2) is 25.8 Å². The van der Waals surface area contributed by atoms with E-state index in [9.17, 15) is 8.42 Å². The maximum atomic E-state index is 12.6. The van der Waals surface area contributed by atoms with Gasteiger partial charge in [0.2, 0.25) is 10.0 Å². The van der Waals surface area contributed by atoms with Crippen LogP contribution in [0.5, 0.6) is 0 Å². The predicted octanol–water partition coefficient (Wildman–Crippen LogP) is 2.10. The van der Waals surface area contributed by atoms with Crippen molar-refractivity contribution in [3.63, 3.8) is 0 Å². The summed E-state index contributed by atoms with van der Waals surface area (Å²) in [6, 6.07) is 7.76. The standard InChI is InChI=1S/C15H18N2O2S/c16-11-12-6-8-17(9-7-12)20(18,19)15-5-4-13-2-1-3-14(13)10-15/h4-5,10,12H,1-3,6-9H2. The van der Waals surface area contributed by atoms with Crippen LogP contribution in [0.4, 0.5) is 0 Å². The van der Waals surface area contributed by atoms with Gasteiger partial charge in [0, 0.05) is 19.0 Å². The van der Waals surface area contributed by atoms with Crippen LogP contribution in [0.25, 0.3) is 0 Å². The van der Waals surface area contributed by atoms with Gasteiger partial charge in [-0.2, -0.15) is 9.57 Å². The fraction of sp³-hybridized carbons (Fsp3) is 0.533. The molecule has 0 atom stereocenters. The maximum Gasteiger partial charge on any atom is 0.243 e. The maximum absolute atomic E-state index is 12.6. The molecule has 1 saturated heterocycles. The number of piperidine rings is 1. The molecular weight excluding hydrogens is 272 g/mol. The van der Waals surface area contributed by atoms with Gasteiger partial charge in [-0.25, -0.2) is 8.42 Å². The minimum absolute atomic E-state index is 0.00136. The van der Waals surface area contributed by atoms with Crippen molar-refractivity contribution in [3.05, 3.63) is 29.3 Å². The molecule has 1 aromatic rings. The van der Waals surface area contributed by atoms with Crippen LogP contribution < -0.4 is 0 Å². The molecule has 1 aromatic carbocycles. The van der Waals surface area contributed by atoms with Crippen LogP contribution in [0.2, 0.25) is 0 Å². The molecule has 0 unspecified atom stereocenters. The number of nitriles is 1. The summed E-state index contributed by atoms with van der Waals surface area (Å²) in [6.07, 6.45) is 4.44. The molecule has 4 nitrogen and oxygen atoms in total. The summed E-state index contributed by atoms with van der Waals surface area (Å²) in [4.78, 5) is 0.411. The second-order valence-electron chi connectivity index (χ2n) is 5.59. The molecule has 2 aliphatic rings. The summed E-state index contributed by atoms with van der Waals surface area (Å²) in [5.74, 6) is 0.00136. The summed E-state index contributed by atoms with van der Waals surface area (Å²) < 4.78 is 26.8.